The Hall–Kier alpha value is -2.47. The molecule has 1 aromatic carbocycles. The van der Waals surface area contributed by atoms with Crippen LogP contribution in [0.2, 0.25) is 10.0 Å². The Morgan fingerprint density at radius 3 is 2.59 bits per heavy atom. The van der Waals surface area contributed by atoms with Crippen molar-refractivity contribution in [3.8, 4) is 11.8 Å². The number of carbonyl (C=O) groups excluding carboxylic acids is 2. The molecular weight excluding hydrogens is 417 g/mol. The first-order valence-corrected chi connectivity index (χ1v) is 9.89. The predicted molar refractivity (Wildman–Crippen MR) is 108 cm³/mol. The third-order valence-corrected chi connectivity index (χ3v) is 4.59. The van der Waals surface area contributed by atoms with Crippen molar-refractivity contribution in [3.05, 3.63) is 39.9 Å². The van der Waals surface area contributed by atoms with Crippen molar-refractivity contribution in [2.24, 2.45) is 5.92 Å². The molecule has 1 N–H and O–H groups in total. The van der Waals surface area contributed by atoms with Crippen LogP contribution in [0.5, 0.6) is 0 Å². The second kappa shape index (κ2) is 10.9. The highest BCUT2D eigenvalue weighted by molar-refractivity contribution is 6.37. The Morgan fingerprint density at radius 2 is 2.00 bits per heavy atom. The van der Waals surface area contributed by atoms with E-state index in [0.717, 1.165) is 0 Å². The summed E-state index contributed by atoms with van der Waals surface area (Å²) in [6.07, 6.45) is 1.01. The molecule has 0 spiro atoms. The molecule has 0 saturated heterocycles. The van der Waals surface area contributed by atoms with E-state index in [4.69, 9.17) is 27.9 Å². The van der Waals surface area contributed by atoms with E-state index in [1.807, 2.05) is 13.8 Å². The Balaban J connectivity index is 2.23. The molecule has 0 aliphatic rings. The minimum absolute atomic E-state index is 0.242. The average Bonchev–Trinajstić information content (AvgIpc) is 3.12. The van der Waals surface area contributed by atoms with E-state index in [1.165, 1.54) is 4.68 Å². The van der Waals surface area contributed by atoms with Gasteiger partial charge in [0.2, 0.25) is 17.5 Å². The van der Waals surface area contributed by atoms with E-state index >= 15 is 0 Å². The molecule has 0 aliphatic heterocycles. The van der Waals surface area contributed by atoms with Crippen LogP contribution in [-0.2, 0) is 16.0 Å². The van der Waals surface area contributed by atoms with Crippen LogP contribution in [0.4, 0.5) is 0 Å². The van der Waals surface area contributed by atoms with Gasteiger partial charge in [-0.15, -0.1) is 5.10 Å². The van der Waals surface area contributed by atoms with Crippen LogP contribution in [0.25, 0.3) is 5.69 Å². The molecule has 1 atom stereocenters. The number of amides is 1. The van der Waals surface area contributed by atoms with Crippen molar-refractivity contribution in [2.75, 3.05) is 19.8 Å². The maximum absolute atomic E-state index is 12.7. The Kier molecular flexibility index (Phi) is 8.58. The molecule has 0 bridgehead atoms. The molecule has 154 valence electrons. The molecule has 1 unspecified atom stereocenters. The molecule has 2 rings (SSSR count). The van der Waals surface area contributed by atoms with Crippen molar-refractivity contribution >= 4 is 34.9 Å². The number of para-hydroxylation sites is 1. The summed E-state index contributed by atoms with van der Waals surface area (Å²) >= 11 is 12.5. The van der Waals surface area contributed by atoms with Gasteiger partial charge in [-0.1, -0.05) is 36.2 Å². The van der Waals surface area contributed by atoms with E-state index in [0.29, 0.717) is 54.2 Å². The number of hydrogen-bond donors (Lipinski definition) is 1. The molecule has 1 heterocycles. The zero-order valence-corrected chi connectivity index (χ0v) is 17.6. The third-order valence-electron chi connectivity index (χ3n) is 3.98. The van der Waals surface area contributed by atoms with Crippen molar-refractivity contribution < 1.29 is 14.3 Å². The van der Waals surface area contributed by atoms with E-state index in [2.05, 4.69) is 15.4 Å². The summed E-state index contributed by atoms with van der Waals surface area (Å²) in [7, 11) is 0. The number of aromatic nitrogens is 3. The summed E-state index contributed by atoms with van der Waals surface area (Å²) in [6, 6.07) is 6.69. The van der Waals surface area contributed by atoms with Crippen LogP contribution in [0.15, 0.2) is 18.2 Å². The lowest BCUT2D eigenvalue weighted by molar-refractivity contribution is -0.122. The highest BCUT2D eigenvalue weighted by atomic mass is 35.5. The summed E-state index contributed by atoms with van der Waals surface area (Å²) in [4.78, 5) is 29.2. The topological polar surface area (TPSA) is 110 Å². The molecule has 0 saturated carbocycles. The second-order valence-electron chi connectivity index (χ2n) is 5.96. The van der Waals surface area contributed by atoms with Crippen molar-refractivity contribution in [3.63, 3.8) is 0 Å². The lowest BCUT2D eigenvalue weighted by atomic mass is 10.0. The number of benzene rings is 1. The van der Waals surface area contributed by atoms with E-state index in [9.17, 15) is 14.9 Å². The quantitative estimate of drug-likeness (QED) is 0.347. The van der Waals surface area contributed by atoms with Gasteiger partial charge in [0.05, 0.1) is 16.1 Å². The van der Waals surface area contributed by atoms with Crippen molar-refractivity contribution in [2.45, 2.75) is 26.7 Å². The minimum atomic E-state index is -1.55. The zero-order valence-electron chi connectivity index (χ0n) is 16.1. The number of carbonyl (C=O) groups is 2. The van der Waals surface area contributed by atoms with Gasteiger partial charge >= 0.3 is 0 Å². The summed E-state index contributed by atoms with van der Waals surface area (Å²) < 4.78 is 6.55. The molecule has 0 radical (unpaired) electrons. The monoisotopic (exact) mass is 437 g/mol. The van der Waals surface area contributed by atoms with Crippen LogP contribution in [-0.4, -0.2) is 46.2 Å². The molecule has 10 heteroatoms. The average molecular weight is 438 g/mol. The van der Waals surface area contributed by atoms with Crippen LogP contribution in [0, 0.1) is 17.2 Å². The highest BCUT2D eigenvalue weighted by Crippen LogP contribution is 2.29. The Morgan fingerprint density at radius 1 is 1.31 bits per heavy atom. The predicted octanol–water partition coefficient (Wildman–Crippen LogP) is 3.00. The fourth-order valence-electron chi connectivity index (χ4n) is 2.55. The van der Waals surface area contributed by atoms with Crippen LogP contribution >= 0.6 is 23.2 Å². The van der Waals surface area contributed by atoms with Crippen LogP contribution in [0.1, 0.15) is 36.7 Å². The number of rotatable bonds is 10. The molecule has 8 nitrogen and oxygen atoms in total. The molecule has 0 fully saturated rings. The normalized spacial score (nSPS) is 11.7. The van der Waals surface area contributed by atoms with Gasteiger partial charge in [0.1, 0.15) is 11.5 Å². The summed E-state index contributed by atoms with van der Waals surface area (Å²) in [5.74, 6) is -2.85. The van der Waals surface area contributed by atoms with Gasteiger partial charge < -0.3 is 10.1 Å². The van der Waals surface area contributed by atoms with Crippen LogP contribution < -0.4 is 5.32 Å². The third kappa shape index (κ3) is 5.54. The number of halogens is 2. The van der Waals surface area contributed by atoms with Crippen molar-refractivity contribution in [1.29, 1.82) is 5.26 Å². The number of ether oxygens (including phenoxy) is 1. The number of ketones is 1. The Bertz CT molecular complexity index is 903. The standard InChI is InChI=1S/C19H21Cl2N5O3/c1-3-15-24-18(25-26(15)16-13(20)7-5-8-14(16)21)17(27)12(11-22)19(28)23-9-6-10-29-4-2/h5,7-8,12H,3-4,6,9-10H2,1-2H3,(H,23,28). The van der Waals surface area contributed by atoms with Gasteiger partial charge in [0.25, 0.3) is 0 Å². The molecule has 29 heavy (non-hydrogen) atoms. The number of nitrogens with one attached hydrogen (secondary N) is 1. The minimum Gasteiger partial charge on any atom is -0.382 e. The van der Waals surface area contributed by atoms with E-state index in [1.54, 1.807) is 24.3 Å². The smallest absolute Gasteiger partial charge is 0.245 e. The van der Waals surface area contributed by atoms with Crippen molar-refractivity contribution in [1.82, 2.24) is 20.1 Å². The molecular formula is C19H21Cl2N5O3. The fraction of sp³-hybridized carbons (Fsp3) is 0.421. The van der Waals surface area contributed by atoms with Crippen LogP contribution in [0.3, 0.4) is 0 Å². The van der Waals surface area contributed by atoms with Gasteiger partial charge in [0, 0.05) is 26.2 Å². The number of nitriles is 1. The lowest BCUT2D eigenvalue weighted by Crippen LogP contribution is -2.36. The molecule has 2 aromatic rings. The lowest BCUT2D eigenvalue weighted by Gasteiger charge is -2.09. The Labute approximate surface area is 178 Å². The number of Topliss-reactive ketones (excluding diaryl/α,β-unsaturated/α-hetero) is 1. The number of nitrogens with zero attached hydrogens (tertiary/aromatic N) is 4. The summed E-state index contributed by atoms with van der Waals surface area (Å²) in [5.41, 5.74) is 0.383. The maximum Gasteiger partial charge on any atom is 0.245 e. The second-order valence-corrected chi connectivity index (χ2v) is 6.77. The molecule has 1 aromatic heterocycles. The first-order valence-electron chi connectivity index (χ1n) is 9.14. The SMILES string of the molecule is CCOCCCNC(=O)C(C#N)C(=O)c1nc(CC)n(-c2c(Cl)cccc2Cl)n1. The first kappa shape index (κ1) is 22.8. The summed E-state index contributed by atoms with van der Waals surface area (Å²) in [5, 5.41) is 16.8. The largest absolute Gasteiger partial charge is 0.382 e. The van der Waals surface area contributed by atoms with Gasteiger partial charge in [-0.25, -0.2) is 9.67 Å². The first-order chi connectivity index (χ1) is 13.9. The molecule has 1 amide bonds. The number of hydrogen-bond acceptors (Lipinski definition) is 6. The van der Waals surface area contributed by atoms with E-state index < -0.39 is 17.6 Å². The zero-order chi connectivity index (χ0) is 21.4. The van der Waals surface area contributed by atoms with Gasteiger partial charge in [-0.2, -0.15) is 5.26 Å². The highest BCUT2D eigenvalue weighted by Gasteiger charge is 2.31. The van der Waals surface area contributed by atoms with Gasteiger partial charge in [0.15, 0.2) is 5.92 Å². The van der Waals surface area contributed by atoms with E-state index in [-0.39, 0.29) is 5.82 Å². The number of aryl methyl sites for hydroxylation is 1. The summed E-state index contributed by atoms with van der Waals surface area (Å²) in [6.45, 7) is 5.05. The van der Waals surface area contributed by atoms with Gasteiger partial charge in [-0.05, 0) is 25.5 Å². The maximum atomic E-state index is 12.7. The fourth-order valence-corrected chi connectivity index (χ4v) is 3.10. The molecule has 0 aliphatic carbocycles. The van der Waals surface area contributed by atoms with Gasteiger partial charge in [-0.3, -0.25) is 9.59 Å².